The number of benzene rings is 2. The first-order chi connectivity index (χ1) is 10.7. The zero-order valence-electron chi connectivity index (χ0n) is 12.2. The molecule has 2 bridgehead atoms. The van der Waals surface area contributed by atoms with E-state index in [9.17, 15) is 0 Å². The molecule has 3 unspecified atom stereocenters. The third-order valence-electron chi connectivity index (χ3n) is 4.99. The standard InChI is InChI=1S/C18H18ClN3/c19-15-7-3-6-13-16-10(9-22-18(20)21)8-14(17(13)15)11-4-1-2-5-12(11)16/h1-7,10,14,16H,8-9H2,(H4,20,21,22). The maximum atomic E-state index is 6.51. The first kappa shape index (κ1) is 13.6. The van der Waals surface area contributed by atoms with Gasteiger partial charge in [-0.1, -0.05) is 48.0 Å². The Bertz CT molecular complexity index is 765. The van der Waals surface area contributed by atoms with Gasteiger partial charge in [0.05, 0.1) is 0 Å². The normalized spacial score (nSPS) is 24.5. The van der Waals surface area contributed by atoms with Crippen molar-refractivity contribution < 1.29 is 0 Å². The Morgan fingerprint density at radius 3 is 2.55 bits per heavy atom. The molecule has 0 amide bonds. The van der Waals surface area contributed by atoms with Crippen LogP contribution >= 0.6 is 11.6 Å². The van der Waals surface area contributed by atoms with E-state index >= 15 is 0 Å². The van der Waals surface area contributed by atoms with E-state index in [1.807, 2.05) is 12.1 Å². The number of nitrogens with two attached hydrogens (primary N) is 2. The smallest absolute Gasteiger partial charge is 0.185 e. The van der Waals surface area contributed by atoms with Crippen LogP contribution in [0.15, 0.2) is 47.5 Å². The minimum Gasteiger partial charge on any atom is -0.370 e. The molecule has 3 aliphatic rings. The molecule has 0 aliphatic heterocycles. The van der Waals surface area contributed by atoms with Crippen molar-refractivity contribution in [1.29, 1.82) is 0 Å². The SMILES string of the molecule is NC(N)=NCC1CC2c3ccccc3C1c1cccc(Cl)c12. The van der Waals surface area contributed by atoms with Gasteiger partial charge in [-0.2, -0.15) is 0 Å². The van der Waals surface area contributed by atoms with Gasteiger partial charge < -0.3 is 11.5 Å². The number of hydrogen-bond acceptors (Lipinski definition) is 1. The van der Waals surface area contributed by atoms with Crippen LogP contribution < -0.4 is 11.5 Å². The van der Waals surface area contributed by atoms with E-state index in [0.29, 0.717) is 24.3 Å². The highest BCUT2D eigenvalue weighted by Crippen LogP contribution is 2.56. The van der Waals surface area contributed by atoms with Crippen LogP contribution in [-0.4, -0.2) is 12.5 Å². The summed E-state index contributed by atoms with van der Waals surface area (Å²) >= 11 is 6.51. The number of guanidine groups is 1. The van der Waals surface area contributed by atoms with E-state index in [4.69, 9.17) is 23.1 Å². The lowest BCUT2D eigenvalue weighted by molar-refractivity contribution is 0.365. The van der Waals surface area contributed by atoms with Crippen LogP contribution in [0, 0.1) is 5.92 Å². The first-order valence-corrected chi connectivity index (χ1v) is 7.97. The summed E-state index contributed by atoms with van der Waals surface area (Å²) in [7, 11) is 0. The van der Waals surface area contributed by atoms with Crippen LogP contribution in [0.1, 0.15) is 40.5 Å². The molecule has 0 heterocycles. The Kier molecular flexibility index (Phi) is 3.12. The van der Waals surface area contributed by atoms with E-state index < -0.39 is 0 Å². The van der Waals surface area contributed by atoms with Crippen LogP contribution in [0.4, 0.5) is 0 Å². The summed E-state index contributed by atoms with van der Waals surface area (Å²) in [4.78, 5) is 4.27. The molecule has 0 saturated heterocycles. The van der Waals surface area contributed by atoms with Crippen molar-refractivity contribution >= 4 is 17.6 Å². The number of fused-ring (bicyclic) bond motifs is 1. The fraction of sp³-hybridized carbons (Fsp3) is 0.278. The number of nitrogens with zero attached hydrogens (tertiary/aromatic N) is 1. The second-order valence-electron chi connectivity index (χ2n) is 6.16. The van der Waals surface area contributed by atoms with Crippen molar-refractivity contribution in [3.63, 3.8) is 0 Å². The molecule has 4 N–H and O–H groups in total. The quantitative estimate of drug-likeness (QED) is 0.660. The molecule has 0 saturated carbocycles. The Hall–Kier alpha value is -2.00. The van der Waals surface area contributed by atoms with Crippen molar-refractivity contribution in [2.75, 3.05) is 6.54 Å². The van der Waals surface area contributed by atoms with E-state index in [1.165, 1.54) is 22.3 Å². The molecule has 0 radical (unpaired) electrons. The van der Waals surface area contributed by atoms with Gasteiger partial charge in [0.25, 0.3) is 0 Å². The molecule has 5 rings (SSSR count). The van der Waals surface area contributed by atoms with Gasteiger partial charge in [0, 0.05) is 23.4 Å². The second kappa shape index (κ2) is 5.03. The molecule has 112 valence electrons. The molecule has 3 aliphatic carbocycles. The van der Waals surface area contributed by atoms with Crippen molar-refractivity contribution in [3.8, 4) is 0 Å². The van der Waals surface area contributed by atoms with E-state index in [-0.39, 0.29) is 5.96 Å². The molecule has 3 nitrogen and oxygen atoms in total. The summed E-state index contributed by atoms with van der Waals surface area (Å²) in [5, 5.41) is 0.877. The van der Waals surface area contributed by atoms with Gasteiger partial charge >= 0.3 is 0 Å². The maximum absolute atomic E-state index is 6.51. The maximum Gasteiger partial charge on any atom is 0.185 e. The number of halogens is 1. The highest BCUT2D eigenvalue weighted by atomic mass is 35.5. The van der Waals surface area contributed by atoms with E-state index in [1.54, 1.807) is 0 Å². The predicted octanol–water partition coefficient (Wildman–Crippen LogP) is 3.21. The average molecular weight is 312 g/mol. The number of rotatable bonds is 2. The summed E-state index contributed by atoms with van der Waals surface area (Å²) in [6.45, 7) is 0.670. The van der Waals surface area contributed by atoms with Crippen LogP contribution in [0.2, 0.25) is 5.02 Å². The molecule has 2 aromatic rings. The van der Waals surface area contributed by atoms with Crippen LogP contribution in [0.5, 0.6) is 0 Å². The van der Waals surface area contributed by atoms with Gasteiger partial charge in [0.2, 0.25) is 0 Å². The van der Waals surface area contributed by atoms with Gasteiger partial charge in [-0.25, -0.2) is 0 Å². The Balaban J connectivity index is 1.88. The predicted molar refractivity (Wildman–Crippen MR) is 90.4 cm³/mol. The fourth-order valence-electron chi connectivity index (χ4n) is 4.22. The topological polar surface area (TPSA) is 64.4 Å². The molecule has 0 aromatic heterocycles. The third-order valence-corrected chi connectivity index (χ3v) is 5.32. The summed E-state index contributed by atoms with van der Waals surface area (Å²) < 4.78 is 0. The van der Waals surface area contributed by atoms with Crippen LogP contribution in [0.25, 0.3) is 0 Å². The van der Waals surface area contributed by atoms with Gasteiger partial charge in [-0.15, -0.1) is 0 Å². The van der Waals surface area contributed by atoms with Crippen molar-refractivity contribution in [1.82, 2.24) is 0 Å². The molecular formula is C18H18ClN3. The van der Waals surface area contributed by atoms with Crippen molar-refractivity contribution in [3.05, 3.63) is 69.7 Å². The lowest BCUT2D eigenvalue weighted by Crippen LogP contribution is -2.34. The molecular weight excluding hydrogens is 294 g/mol. The molecule has 0 fully saturated rings. The molecule has 3 atom stereocenters. The highest BCUT2D eigenvalue weighted by molar-refractivity contribution is 6.31. The van der Waals surface area contributed by atoms with Crippen molar-refractivity contribution in [2.24, 2.45) is 22.4 Å². The van der Waals surface area contributed by atoms with Crippen molar-refractivity contribution in [2.45, 2.75) is 18.3 Å². The zero-order valence-corrected chi connectivity index (χ0v) is 12.9. The Labute approximate surface area is 135 Å². The summed E-state index contributed by atoms with van der Waals surface area (Å²) in [5.41, 5.74) is 16.5. The minimum atomic E-state index is 0.168. The second-order valence-corrected chi connectivity index (χ2v) is 6.57. The highest BCUT2D eigenvalue weighted by Gasteiger charge is 2.43. The Morgan fingerprint density at radius 2 is 1.77 bits per heavy atom. The van der Waals surface area contributed by atoms with Gasteiger partial charge in [0.1, 0.15) is 0 Å². The third kappa shape index (κ3) is 1.92. The first-order valence-electron chi connectivity index (χ1n) is 7.59. The molecule has 22 heavy (non-hydrogen) atoms. The van der Waals surface area contributed by atoms with E-state index in [2.05, 4.69) is 35.3 Å². The lowest BCUT2D eigenvalue weighted by atomic mass is 9.59. The lowest BCUT2D eigenvalue weighted by Gasteiger charge is -2.45. The molecule has 4 heteroatoms. The molecule has 0 spiro atoms. The summed E-state index contributed by atoms with van der Waals surface area (Å²) in [6.07, 6.45) is 1.05. The van der Waals surface area contributed by atoms with Gasteiger partial charge in [-0.3, -0.25) is 4.99 Å². The Morgan fingerprint density at radius 1 is 1.05 bits per heavy atom. The largest absolute Gasteiger partial charge is 0.370 e. The summed E-state index contributed by atoms with van der Waals surface area (Å²) in [5.74, 6) is 1.27. The monoisotopic (exact) mass is 311 g/mol. The van der Waals surface area contributed by atoms with Gasteiger partial charge in [0.15, 0.2) is 5.96 Å². The zero-order chi connectivity index (χ0) is 15.3. The number of hydrogen-bond donors (Lipinski definition) is 2. The fourth-order valence-corrected chi connectivity index (χ4v) is 4.53. The average Bonchev–Trinajstić information content (AvgIpc) is 2.53. The van der Waals surface area contributed by atoms with Crippen LogP contribution in [0.3, 0.4) is 0 Å². The molecule has 2 aromatic carbocycles. The summed E-state index contributed by atoms with van der Waals surface area (Å²) in [6, 6.07) is 14.9. The minimum absolute atomic E-state index is 0.168. The van der Waals surface area contributed by atoms with E-state index in [0.717, 1.165) is 11.4 Å². The van der Waals surface area contributed by atoms with Gasteiger partial charge in [-0.05, 0) is 40.7 Å². The number of aliphatic imine (C=N–C) groups is 1. The van der Waals surface area contributed by atoms with Crippen LogP contribution in [-0.2, 0) is 0 Å².